The topological polar surface area (TPSA) is 92.9 Å². The Kier molecular flexibility index (Phi) is 5.92. The molecule has 0 amide bonds. The molecule has 1 N–H and O–H groups in total. The molecule has 0 spiro atoms. The minimum atomic E-state index is -0.554. The molecule has 0 aliphatic rings. The van der Waals surface area contributed by atoms with Gasteiger partial charge in [0.05, 0.1) is 24.2 Å². The van der Waals surface area contributed by atoms with Gasteiger partial charge in [0, 0.05) is 19.2 Å². The summed E-state index contributed by atoms with van der Waals surface area (Å²) < 4.78 is 4.61. The van der Waals surface area contributed by atoms with Crippen molar-refractivity contribution in [3.8, 4) is 0 Å². The van der Waals surface area contributed by atoms with Crippen LogP contribution in [0.2, 0.25) is 0 Å². The fourth-order valence-electron chi connectivity index (χ4n) is 1.92. The van der Waals surface area contributed by atoms with Gasteiger partial charge in [-0.2, -0.15) is 0 Å². The number of carbonyl (C=O) groups excluding carboxylic acids is 1. The normalized spacial score (nSPS) is 10.2. The number of carbonyl (C=O) groups is 1. The number of aliphatic hydroxyl groups is 1. The van der Waals surface area contributed by atoms with Crippen LogP contribution in [0.25, 0.3) is 0 Å². The standard InChI is InChI=1S/C13H18N2O5/c1-3-6-14(7-8-16)12-9-10(13(17)20-2)4-5-11(12)15(18)19/h4-5,9,16H,3,6-8H2,1-2H3. The molecule has 7 nitrogen and oxygen atoms in total. The Hall–Kier alpha value is -2.15. The zero-order chi connectivity index (χ0) is 15.1. The third-order valence-corrected chi connectivity index (χ3v) is 2.80. The zero-order valence-corrected chi connectivity index (χ0v) is 11.5. The fourth-order valence-corrected chi connectivity index (χ4v) is 1.92. The SMILES string of the molecule is CCCN(CCO)c1cc(C(=O)OC)ccc1[N+](=O)[O-]. The lowest BCUT2D eigenvalue weighted by molar-refractivity contribution is -0.384. The van der Waals surface area contributed by atoms with Gasteiger partial charge in [0.1, 0.15) is 5.69 Å². The van der Waals surface area contributed by atoms with Crippen LogP contribution in [0, 0.1) is 10.1 Å². The van der Waals surface area contributed by atoms with Gasteiger partial charge in [-0.1, -0.05) is 6.92 Å². The zero-order valence-electron chi connectivity index (χ0n) is 11.5. The van der Waals surface area contributed by atoms with E-state index < -0.39 is 10.9 Å². The van der Waals surface area contributed by atoms with Crippen molar-refractivity contribution in [2.24, 2.45) is 0 Å². The molecule has 1 rings (SSSR count). The molecule has 0 saturated heterocycles. The third kappa shape index (κ3) is 3.67. The van der Waals surface area contributed by atoms with Crippen molar-refractivity contribution in [3.05, 3.63) is 33.9 Å². The smallest absolute Gasteiger partial charge is 0.337 e. The van der Waals surface area contributed by atoms with Crippen molar-refractivity contribution < 1.29 is 19.6 Å². The minimum absolute atomic E-state index is 0.0976. The highest BCUT2D eigenvalue weighted by molar-refractivity contribution is 5.91. The molecule has 0 fully saturated rings. The van der Waals surface area contributed by atoms with Crippen molar-refractivity contribution in [2.45, 2.75) is 13.3 Å². The highest BCUT2D eigenvalue weighted by Crippen LogP contribution is 2.29. The summed E-state index contributed by atoms with van der Waals surface area (Å²) in [5.74, 6) is -0.554. The molecule has 0 aliphatic heterocycles. The average molecular weight is 282 g/mol. The van der Waals surface area contributed by atoms with E-state index in [1.807, 2.05) is 6.92 Å². The summed E-state index contributed by atoms with van der Waals surface area (Å²) in [5, 5.41) is 20.2. The quantitative estimate of drug-likeness (QED) is 0.464. The summed E-state index contributed by atoms with van der Waals surface area (Å²) in [7, 11) is 1.25. The summed E-state index contributed by atoms with van der Waals surface area (Å²) in [5.41, 5.74) is 0.459. The van der Waals surface area contributed by atoms with E-state index in [1.165, 1.54) is 25.3 Å². The summed E-state index contributed by atoms with van der Waals surface area (Å²) in [6.45, 7) is 2.62. The van der Waals surface area contributed by atoms with Crippen LogP contribution in [0.3, 0.4) is 0 Å². The molecule has 0 aliphatic carbocycles. The molecule has 7 heteroatoms. The van der Waals surface area contributed by atoms with E-state index in [-0.39, 0.29) is 24.4 Å². The van der Waals surface area contributed by atoms with E-state index in [4.69, 9.17) is 5.11 Å². The van der Waals surface area contributed by atoms with E-state index >= 15 is 0 Å². The first-order valence-electron chi connectivity index (χ1n) is 6.27. The Labute approximate surface area is 116 Å². The first kappa shape index (κ1) is 15.9. The molecule has 0 heterocycles. The number of methoxy groups -OCH3 is 1. The van der Waals surface area contributed by atoms with Crippen molar-refractivity contribution in [1.29, 1.82) is 0 Å². The van der Waals surface area contributed by atoms with Gasteiger partial charge in [-0.25, -0.2) is 4.79 Å². The first-order chi connectivity index (χ1) is 9.54. The summed E-state index contributed by atoms with van der Waals surface area (Å²) in [6, 6.07) is 4.06. The van der Waals surface area contributed by atoms with Crippen LogP contribution in [0.5, 0.6) is 0 Å². The van der Waals surface area contributed by atoms with Crippen LogP contribution in [0.15, 0.2) is 18.2 Å². The maximum absolute atomic E-state index is 11.5. The summed E-state index contributed by atoms with van der Waals surface area (Å²) in [6.07, 6.45) is 0.763. The molecule has 0 aromatic heterocycles. The predicted molar refractivity (Wildman–Crippen MR) is 74.0 cm³/mol. The number of nitro benzene ring substituents is 1. The molecule has 0 radical (unpaired) electrons. The Bertz CT molecular complexity index is 484. The molecular weight excluding hydrogens is 264 g/mol. The van der Waals surface area contributed by atoms with Crippen LogP contribution >= 0.6 is 0 Å². The largest absolute Gasteiger partial charge is 0.465 e. The first-order valence-corrected chi connectivity index (χ1v) is 6.27. The van der Waals surface area contributed by atoms with Crippen molar-refractivity contribution in [3.63, 3.8) is 0 Å². The highest BCUT2D eigenvalue weighted by Gasteiger charge is 2.21. The average Bonchev–Trinajstić information content (AvgIpc) is 2.45. The molecule has 20 heavy (non-hydrogen) atoms. The number of rotatable bonds is 7. The number of hydrogen-bond acceptors (Lipinski definition) is 6. The summed E-state index contributed by atoms with van der Waals surface area (Å²) in [4.78, 5) is 23.8. The van der Waals surface area contributed by atoms with Gasteiger partial charge in [0.15, 0.2) is 0 Å². The number of anilines is 1. The fraction of sp³-hybridized carbons (Fsp3) is 0.462. The van der Waals surface area contributed by atoms with Gasteiger partial charge in [0.2, 0.25) is 0 Å². The molecule has 0 unspecified atom stereocenters. The lowest BCUT2D eigenvalue weighted by Crippen LogP contribution is -2.28. The van der Waals surface area contributed by atoms with Crippen LogP contribution in [-0.2, 0) is 4.74 Å². The lowest BCUT2D eigenvalue weighted by Gasteiger charge is -2.23. The second-order valence-corrected chi connectivity index (χ2v) is 4.16. The number of esters is 1. The van der Waals surface area contributed by atoms with Crippen LogP contribution in [0.4, 0.5) is 11.4 Å². The van der Waals surface area contributed by atoms with Gasteiger partial charge in [-0.3, -0.25) is 10.1 Å². The number of hydrogen-bond donors (Lipinski definition) is 1. The number of nitrogens with zero attached hydrogens (tertiary/aromatic N) is 2. The van der Waals surface area contributed by atoms with Crippen LogP contribution < -0.4 is 4.90 Å². The van der Waals surface area contributed by atoms with E-state index in [0.29, 0.717) is 12.2 Å². The molecule has 1 aromatic rings. The predicted octanol–water partition coefficient (Wildman–Crippen LogP) is 1.59. The lowest BCUT2D eigenvalue weighted by atomic mass is 10.1. The molecule has 0 bridgehead atoms. The summed E-state index contributed by atoms with van der Waals surface area (Å²) >= 11 is 0. The molecule has 1 aromatic carbocycles. The minimum Gasteiger partial charge on any atom is -0.465 e. The molecule has 0 atom stereocenters. The second-order valence-electron chi connectivity index (χ2n) is 4.16. The Balaban J connectivity index is 3.28. The number of aliphatic hydroxyl groups excluding tert-OH is 1. The molecule has 0 saturated carbocycles. The van der Waals surface area contributed by atoms with E-state index in [0.717, 1.165) is 6.42 Å². The Morgan fingerprint density at radius 2 is 2.15 bits per heavy atom. The van der Waals surface area contributed by atoms with E-state index in [1.54, 1.807) is 4.90 Å². The van der Waals surface area contributed by atoms with Gasteiger partial charge in [-0.15, -0.1) is 0 Å². The maximum atomic E-state index is 11.5. The monoisotopic (exact) mass is 282 g/mol. The maximum Gasteiger partial charge on any atom is 0.337 e. The van der Waals surface area contributed by atoms with Crippen molar-refractivity contribution in [2.75, 3.05) is 31.7 Å². The second kappa shape index (κ2) is 7.44. The van der Waals surface area contributed by atoms with Crippen molar-refractivity contribution >= 4 is 17.3 Å². The highest BCUT2D eigenvalue weighted by atomic mass is 16.6. The Morgan fingerprint density at radius 1 is 1.45 bits per heavy atom. The Morgan fingerprint density at radius 3 is 2.65 bits per heavy atom. The van der Waals surface area contributed by atoms with Gasteiger partial charge < -0.3 is 14.7 Å². The van der Waals surface area contributed by atoms with E-state index in [2.05, 4.69) is 4.74 Å². The number of ether oxygens (including phenoxy) is 1. The number of nitro groups is 1. The number of benzene rings is 1. The molecular formula is C13H18N2O5. The van der Waals surface area contributed by atoms with Gasteiger partial charge >= 0.3 is 5.97 Å². The van der Waals surface area contributed by atoms with Crippen molar-refractivity contribution in [1.82, 2.24) is 0 Å². The van der Waals surface area contributed by atoms with Gasteiger partial charge in [0.25, 0.3) is 5.69 Å². The van der Waals surface area contributed by atoms with Gasteiger partial charge in [-0.05, 0) is 18.6 Å². The molecule has 110 valence electrons. The van der Waals surface area contributed by atoms with E-state index in [9.17, 15) is 14.9 Å². The van der Waals surface area contributed by atoms with Crippen LogP contribution in [0.1, 0.15) is 23.7 Å². The third-order valence-electron chi connectivity index (χ3n) is 2.80. The van der Waals surface area contributed by atoms with Crippen LogP contribution in [-0.4, -0.2) is 42.8 Å².